The van der Waals surface area contributed by atoms with Gasteiger partial charge in [-0.15, -0.1) is 0 Å². The van der Waals surface area contributed by atoms with E-state index < -0.39 is 0 Å². The lowest BCUT2D eigenvalue weighted by Crippen LogP contribution is -2.58. The average Bonchev–Trinajstić information content (AvgIpc) is 3.51. The van der Waals surface area contributed by atoms with E-state index >= 15 is 0 Å². The molecule has 0 radical (unpaired) electrons. The quantitative estimate of drug-likeness (QED) is 0.762. The molecular formula is C26H38N4O3. The van der Waals surface area contributed by atoms with Crippen LogP contribution in [0.25, 0.3) is 0 Å². The number of nitrogens with zero attached hydrogens (tertiary/aromatic N) is 3. The zero-order valence-corrected chi connectivity index (χ0v) is 19.9. The van der Waals surface area contributed by atoms with Gasteiger partial charge in [-0.05, 0) is 50.8 Å². The molecule has 7 nitrogen and oxygen atoms in total. The highest BCUT2D eigenvalue weighted by Crippen LogP contribution is 2.39. The van der Waals surface area contributed by atoms with Gasteiger partial charge in [0.1, 0.15) is 5.54 Å². The fourth-order valence-electron chi connectivity index (χ4n) is 6.01. The summed E-state index contributed by atoms with van der Waals surface area (Å²) in [6.45, 7) is 5.69. The molecule has 0 bridgehead atoms. The number of carbonyl (C=O) groups is 3. The van der Waals surface area contributed by atoms with Gasteiger partial charge in [0.15, 0.2) is 0 Å². The van der Waals surface area contributed by atoms with Crippen molar-refractivity contribution in [2.24, 2.45) is 0 Å². The van der Waals surface area contributed by atoms with Crippen LogP contribution in [0.2, 0.25) is 0 Å². The smallest absolute Gasteiger partial charge is 0.243 e. The van der Waals surface area contributed by atoms with Crippen LogP contribution in [-0.2, 0) is 14.4 Å². The Kier molecular flexibility index (Phi) is 7.68. The number of hydrogen-bond donors (Lipinski definition) is 1. The van der Waals surface area contributed by atoms with Gasteiger partial charge in [-0.2, -0.15) is 0 Å². The third kappa shape index (κ3) is 5.24. The summed E-state index contributed by atoms with van der Waals surface area (Å²) in [5.74, 6) is 0.0991. The van der Waals surface area contributed by atoms with E-state index in [9.17, 15) is 14.4 Å². The predicted octanol–water partition coefficient (Wildman–Crippen LogP) is 2.72. The summed E-state index contributed by atoms with van der Waals surface area (Å²) >= 11 is 0. The van der Waals surface area contributed by atoms with Gasteiger partial charge >= 0.3 is 0 Å². The van der Waals surface area contributed by atoms with Crippen LogP contribution in [0.4, 0.5) is 0 Å². The highest BCUT2D eigenvalue weighted by atomic mass is 16.2. The molecule has 1 aromatic rings. The first-order valence-electron chi connectivity index (χ1n) is 12.6. The summed E-state index contributed by atoms with van der Waals surface area (Å²) in [4.78, 5) is 45.5. The van der Waals surface area contributed by atoms with Crippen molar-refractivity contribution in [3.63, 3.8) is 0 Å². The van der Waals surface area contributed by atoms with Crippen LogP contribution < -0.4 is 5.32 Å². The van der Waals surface area contributed by atoms with Crippen LogP contribution in [-0.4, -0.2) is 77.2 Å². The van der Waals surface area contributed by atoms with Crippen LogP contribution in [0, 0.1) is 0 Å². The van der Waals surface area contributed by atoms with Gasteiger partial charge in [-0.1, -0.05) is 43.2 Å². The topological polar surface area (TPSA) is 73.0 Å². The lowest BCUT2D eigenvalue weighted by Gasteiger charge is -2.41. The van der Waals surface area contributed by atoms with Crippen molar-refractivity contribution in [3.05, 3.63) is 35.9 Å². The Bertz CT molecular complexity index is 831. The van der Waals surface area contributed by atoms with Gasteiger partial charge in [0, 0.05) is 33.1 Å². The highest BCUT2D eigenvalue weighted by Gasteiger charge is 2.48. The molecule has 3 aliphatic rings. The average molecular weight is 455 g/mol. The molecule has 1 aliphatic carbocycles. The molecule has 2 saturated heterocycles. The Morgan fingerprint density at radius 2 is 1.61 bits per heavy atom. The van der Waals surface area contributed by atoms with Crippen LogP contribution in [0.1, 0.15) is 69.9 Å². The van der Waals surface area contributed by atoms with Crippen molar-refractivity contribution < 1.29 is 14.4 Å². The van der Waals surface area contributed by atoms with Gasteiger partial charge in [-0.3, -0.25) is 19.3 Å². The van der Waals surface area contributed by atoms with Gasteiger partial charge in [0.05, 0.1) is 12.5 Å². The Balaban J connectivity index is 1.53. The zero-order chi connectivity index (χ0) is 23.3. The summed E-state index contributed by atoms with van der Waals surface area (Å²) in [5, 5.41) is 3.01. The number of rotatable bonds is 3. The highest BCUT2D eigenvalue weighted by molar-refractivity contribution is 5.87. The Morgan fingerprint density at radius 3 is 2.27 bits per heavy atom. The summed E-state index contributed by atoms with van der Waals surface area (Å²) in [6, 6.07) is 9.48. The first-order valence-corrected chi connectivity index (χ1v) is 12.6. The minimum absolute atomic E-state index is 0.0434. The maximum Gasteiger partial charge on any atom is 0.243 e. The van der Waals surface area contributed by atoms with Crippen LogP contribution in [0.5, 0.6) is 0 Å². The van der Waals surface area contributed by atoms with Gasteiger partial charge < -0.3 is 15.1 Å². The van der Waals surface area contributed by atoms with Crippen molar-refractivity contribution in [1.82, 2.24) is 20.0 Å². The number of hydrogen-bond acceptors (Lipinski definition) is 4. The molecule has 4 rings (SSSR count). The van der Waals surface area contributed by atoms with Gasteiger partial charge in [-0.25, -0.2) is 0 Å². The summed E-state index contributed by atoms with van der Waals surface area (Å²) in [5.41, 5.74) is 0.599. The van der Waals surface area contributed by atoms with Gasteiger partial charge in [0.2, 0.25) is 17.7 Å². The van der Waals surface area contributed by atoms with Crippen LogP contribution in [0.3, 0.4) is 0 Å². The second-order valence-corrected chi connectivity index (χ2v) is 9.77. The van der Waals surface area contributed by atoms with E-state index in [2.05, 4.69) is 10.2 Å². The van der Waals surface area contributed by atoms with E-state index in [4.69, 9.17) is 0 Å². The third-order valence-corrected chi connectivity index (χ3v) is 7.70. The largest absolute Gasteiger partial charge is 0.354 e. The summed E-state index contributed by atoms with van der Waals surface area (Å²) < 4.78 is 0. The lowest BCUT2D eigenvalue weighted by atomic mass is 9.93. The monoisotopic (exact) mass is 454 g/mol. The van der Waals surface area contributed by atoms with Gasteiger partial charge in [0.25, 0.3) is 0 Å². The first-order chi connectivity index (χ1) is 16.0. The molecule has 180 valence electrons. The molecule has 1 atom stereocenters. The van der Waals surface area contributed by atoms with E-state index in [1.807, 2.05) is 35.2 Å². The molecule has 1 aromatic carbocycles. The van der Waals surface area contributed by atoms with Crippen LogP contribution in [0.15, 0.2) is 30.3 Å². The summed E-state index contributed by atoms with van der Waals surface area (Å²) in [7, 11) is 0. The minimum atomic E-state index is -0.368. The van der Waals surface area contributed by atoms with E-state index in [1.165, 1.54) is 12.8 Å². The Morgan fingerprint density at radius 1 is 0.909 bits per heavy atom. The van der Waals surface area contributed by atoms with Crippen molar-refractivity contribution in [3.8, 4) is 0 Å². The molecular weight excluding hydrogens is 416 g/mol. The number of nitrogens with one attached hydrogen (secondary N) is 1. The van der Waals surface area contributed by atoms with Crippen molar-refractivity contribution in [1.29, 1.82) is 0 Å². The molecule has 2 aliphatic heterocycles. The summed E-state index contributed by atoms with van der Waals surface area (Å²) in [6.07, 6.45) is 7.34. The Hall–Kier alpha value is -2.41. The molecule has 1 unspecified atom stereocenters. The van der Waals surface area contributed by atoms with E-state index in [1.54, 1.807) is 11.8 Å². The first kappa shape index (κ1) is 23.7. The molecule has 0 aromatic heterocycles. The van der Waals surface area contributed by atoms with Crippen molar-refractivity contribution in [2.45, 2.75) is 69.9 Å². The third-order valence-electron chi connectivity index (χ3n) is 7.70. The van der Waals surface area contributed by atoms with Crippen molar-refractivity contribution >= 4 is 17.7 Å². The molecule has 1 saturated carbocycles. The molecule has 3 amide bonds. The second-order valence-electron chi connectivity index (χ2n) is 9.77. The molecule has 33 heavy (non-hydrogen) atoms. The van der Waals surface area contributed by atoms with E-state index in [0.717, 1.165) is 44.3 Å². The Labute approximate surface area is 197 Å². The maximum absolute atomic E-state index is 13.9. The molecule has 0 spiro atoms. The van der Waals surface area contributed by atoms with Crippen molar-refractivity contribution in [2.75, 3.05) is 39.3 Å². The SMILES string of the molecule is CC(=O)N1CCCN(C(=O)C2(N3CCCC3)CCCC2)CCNC(=O)CC1c1ccccc1. The molecule has 2 heterocycles. The maximum atomic E-state index is 13.9. The zero-order valence-electron chi connectivity index (χ0n) is 19.9. The van der Waals surface area contributed by atoms with Crippen LogP contribution >= 0.6 is 0 Å². The minimum Gasteiger partial charge on any atom is -0.354 e. The van der Waals surface area contributed by atoms with E-state index in [0.29, 0.717) is 32.6 Å². The lowest BCUT2D eigenvalue weighted by molar-refractivity contribution is -0.144. The predicted molar refractivity (Wildman–Crippen MR) is 127 cm³/mol. The number of amides is 3. The number of benzene rings is 1. The molecule has 3 fully saturated rings. The standard InChI is InChI=1S/C26H38N4O3/c1-21(31)30-18-9-15-28(25(33)26(12-5-6-13-26)29-16-7-8-17-29)19-14-27-24(32)20-23(30)22-10-3-2-4-11-22/h2-4,10-11,23H,5-9,12-20H2,1H3,(H,27,32). The second kappa shape index (κ2) is 10.7. The molecule has 1 N–H and O–H groups in total. The van der Waals surface area contributed by atoms with E-state index in [-0.39, 0.29) is 35.7 Å². The molecule has 7 heteroatoms. The number of carbonyl (C=O) groups excluding carboxylic acids is 3. The fraction of sp³-hybridized carbons (Fsp3) is 0.654. The number of likely N-dealkylation sites (tertiary alicyclic amines) is 1. The normalized spacial score (nSPS) is 24.9. The fourth-order valence-corrected chi connectivity index (χ4v) is 6.01.